The van der Waals surface area contributed by atoms with Crippen molar-refractivity contribution in [2.75, 3.05) is 0 Å². The van der Waals surface area contributed by atoms with E-state index >= 15 is 0 Å². The molecule has 2 aromatic carbocycles. The van der Waals surface area contributed by atoms with Gasteiger partial charge in [0, 0.05) is 24.8 Å². The highest BCUT2D eigenvalue weighted by atomic mass is 19.4. The number of alkyl halides is 3. The first kappa shape index (κ1) is 25.9. The number of carbonyl (C=O) groups is 1. The number of nitrogens with two attached hydrogens (primary N) is 1. The number of nitrogens with one attached hydrogen (secondary N) is 1. The van der Waals surface area contributed by atoms with E-state index < -0.39 is 29.5 Å². The Morgan fingerprint density at radius 3 is 2.24 bits per heavy atom. The SMILES string of the molecule is Cc1cnn(Cc2ccc(Cn3cc(OC(=O)NCc4ccc(CN)c(F)c4)c(C(F)(F)F)n3)cc2)c1. The summed E-state index contributed by atoms with van der Waals surface area (Å²) in [6.07, 6.45) is -1.30. The number of aromatic nitrogens is 4. The zero-order chi connectivity index (χ0) is 26.6. The van der Waals surface area contributed by atoms with Gasteiger partial charge in [0.2, 0.25) is 5.69 Å². The Morgan fingerprint density at radius 1 is 1.03 bits per heavy atom. The molecule has 3 N–H and O–H groups in total. The maximum absolute atomic E-state index is 13.8. The molecule has 37 heavy (non-hydrogen) atoms. The van der Waals surface area contributed by atoms with Crippen molar-refractivity contribution in [3.05, 3.63) is 100 Å². The minimum Gasteiger partial charge on any atom is -0.406 e. The van der Waals surface area contributed by atoms with Crippen molar-refractivity contribution in [1.29, 1.82) is 0 Å². The number of benzene rings is 2. The van der Waals surface area contributed by atoms with E-state index in [4.69, 9.17) is 10.5 Å². The van der Waals surface area contributed by atoms with Crippen molar-refractivity contribution >= 4 is 6.09 Å². The van der Waals surface area contributed by atoms with Crippen molar-refractivity contribution in [3.8, 4) is 5.75 Å². The van der Waals surface area contributed by atoms with Crippen molar-refractivity contribution in [1.82, 2.24) is 24.9 Å². The molecule has 12 heteroatoms. The normalized spacial score (nSPS) is 11.5. The van der Waals surface area contributed by atoms with Crippen LogP contribution in [0.5, 0.6) is 5.75 Å². The molecule has 4 rings (SSSR count). The van der Waals surface area contributed by atoms with Crippen LogP contribution in [0.3, 0.4) is 0 Å². The fraction of sp³-hybridized carbons (Fsp3) is 0.240. The van der Waals surface area contributed by atoms with Gasteiger partial charge < -0.3 is 15.8 Å². The first-order valence-electron chi connectivity index (χ1n) is 11.3. The first-order chi connectivity index (χ1) is 17.6. The summed E-state index contributed by atoms with van der Waals surface area (Å²) in [6.45, 7) is 2.39. The maximum Gasteiger partial charge on any atom is 0.438 e. The van der Waals surface area contributed by atoms with Gasteiger partial charge in [0.15, 0.2) is 5.75 Å². The smallest absolute Gasteiger partial charge is 0.406 e. The molecule has 194 valence electrons. The second kappa shape index (κ2) is 10.8. The van der Waals surface area contributed by atoms with E-state index in [2.05, 4.69) is 15.5 Å². The lowest BCUT2D eigenvalue weighted by molar-refractivity contribution is -0.142. The molecular weight excluding hydrogens is 492 g/mol. The Labute approximate surface area is 209 Å². The van der Waals surface area contributed by atoms with Crippen LogP contribution in [0.25, 0.3) is 0 Å². The summed E-state index contributed by atoms with van der Waals surface area (Å²) in [5, 5.41) is 10.1. The number of hydrogen-bond acceptors (Lipinski definition) is 5. The van der Waals surface area contributed by atoms with Gasteiger partial charge in [-0.25, -0.2) is 9.18 Å². The number of nitrogens with zero attached hydrogens (tertiary/aromatic N) is 4. The molecule has 0 radical (unpaired) electrons. The highest BCUT2D eigenvalue weighted by molar-refractivity contribution is 5.70. The lowest BCUT2D eigenvalue weighted by atomic mass is 10.1. The fourth-order valence-electron chi connectivity index (χ4n) is 3.61. The van der Waals surface area contributed by atoms with Crippen LogP contribution in [0.1, 0.15) is 33.5 Å². The van der Waals surface area contributed by atoms with Gasteiger partial charge in [-0.15, -0.1) is 0 Å². The molecule has 0 atom stereocenters. The van der Waals surface area contributed by atoms with Gasteiger partial charge in [0.05, 0.1) is 25.5 Å². The van der Waals surface area contributed by atoms with Gasteiger partial charge in [-0.3, -0.25) is 9.36 Å². The molecule has 4 aromatic rings. The molecule has 8 nitrogen and oxygen atoms in total. The van der Waals surface area contributed by atoms with E-state index in [1.165, 1.54) is 12.1 Å². The lowest BCUT2D eigenvalue weighted by Gasteiger charge is -2.09. The van der Waals surface area contributed by atoms with Gasteiger partial charge >= 0.3 is 12.3 Å². The zero-order valence-corrected chi connectivity index (χ0v) is 19.8. The largest absolute Gasteiger partial charge is 0.438 e. The molecule has 0 bridgehead atoms. The lowest BCUT2D eigenvalue weighted by Crippen LogP contribution is -2.27. The third kappa shape index (κ3) is 6.73. The average molecular weight is 516 g/mol. The minimum atomic E-state index is -4.84. The van der Waals surface area contributed by atoms with Crippen molar-refractivity contribution in [3.63, 3.8) is 0 Å². The predicted molar refractivity (Wildman–Crippen MR) is 126 cm³/mol. The van der Waals surface area contributed by atoms with Crippen molar-refractivity contribution < 1.29 is 27.1 Å². The fourth-order valence-corrected chi connectivity index (χ4v) is 3.61. The molecule has 0 unspecified atom stereocenters. The van der Waals surface area contributed by atoms with Crippen LogP contribution < -0.4 is 15.8 Å². The minimum absolute atomic E-state index is 0.0148. The average Bonchev–Trinajstić information content (AvgIpc) is 3.44. The highest BCUT2D eigenvalue weighted by Crippen LogP contribution is 2.35. The maximum atomic E-state index is 13.8. The second-order valence-corrected chi connectivity index (χ2v) is 8.44. The van der Waals surface area contributed by atoms with Crippen LogP contribution >= 0.6 is 0 Å². The van der Waals surface area contributed by atoms with Gasteiger partial charge in [0.1, 0.15) is 5.82 Å². The predicted octanol–water partition coefficient (Wildman–Crippen LogP) is 4.39. The molecule has 0 aliphatic carbocycles. The van der Waals surface area contributed by atoms with E-state index in [1.54, 1.807) is 29.1 Å². The summed E-state index contributed by atoms with van der Waals surface area (Å²) in [7, 11) is 0. The Morgan fingerprint density at radius 2 is 1.68 bits per heavy atom. The van der Waals surface area contributed by atoms with Crippen LogP contribution in [0.4, 0.5) is 22.4 Å². The Kier molecular flexibility index (Phi) is 7.58. The summed E-state index contributed by atoms with van der Waals surface area (Å²) in [6, 6.07) is 11.5. The van der Waals surface area contributed by atoms with Crippen LogP contribution in [-0.4, -0.2) is 25.7 Å². The second-order valence-electron chi connectivity index (χ2n) is 8.44. The van der Waals surface area contributed by atoms with E-state index in [0.29, 0.717) is 23.2 Å². The molecule has 0 saturated heterocycles. The molecule has 2 aromatic heterocycles. The summed E-state index contributed by atoms with van der Waals surface area (Å²) in [5.41, 5.74) is 7.50. The summed E-state index contributed by atoms with van der Waals surface area (Å²) in [5.74, 6) is -1.28. The molecule has 0 spiro atoms. The summed E-state index contributed by atoms with van der Waals surface area (Å²) in [4.78, 5) is 12.2. The van der Waals surface area contributed by atoms with E-state index in [1.807, 2.05) is 25.3 Å². The number of carbonyl (C=O) groups excluding carboxylic acids is 1. The van der Waals surface area contributed by atoms with Crippen LogP contribution in [0.2, 0.25) is 0 Å². The van der Waals surface area contributed by atoms with Crippen LogP contribution in [0.15, 0.2) is 61.1 Å². The van der Waals surface area contributed by atoms with Crippen LogP contribution in [-0.2, 0) is 32.4 Å². The molecule has 0 saturated carbocycles. The number of halogens is 4. The Bertz CT molecular complexity index is 1380. The molecule has 2 heterocycles. The zero-order valence-electron chi connectivity index (χ0n) is 19.8. The quantitative estimate of drug-likeness (QED) is 0.339. The van der Waals surface area contributed by atoms with Crippen LogP contribution in [0, 0.1) is 12.7 Å². The standard InChI is InChI=1S/C25H24F4N6O2/c1-16-10-32-34(12-16)13-17-2-4-18(5-3-17)14-35-15-22(23(33-35)25(27,28)29)37-24(36)31-11-19-6-7-20(9-30)21(26)8-19/h2-8,10,12,15H,9,11,13-14,30H2,1H3,(H,31,36). The Balaban J connectivity index is 1.41. The molecule has 1 amide bonds. The van der Waals surface area contributed by atoms with Gasteiger partial charge in [0.25, 0.3) is 0 Å². The number of hydrogen-bond donors (Lipinski definition) is 2. The van der Waals surface area contributed by atoms with Gasteiger partial charge in [-0.2, -0.15) is 23.4 Å². The van der Waals surface area contributed by atoms with E-state index in [-0.39, 0.29) is 19.6 Å². The van der Waals surface area contributed by atoms with Gasteiger partial charge in [-0.1, -0.05) is 36.4 Å². The number of rotatable bonds is 8. The van der Waals surface area contributed by atoms with E-state index in [0.717, 1.165) is 22.0 Å². The van der Waals surface area contributed by atoms with E-state index in [9.17, 15) is 22.4 Å². The number of aryl methyl sites for hydroxylation is 1. The molecule has 0 aliphatic heterocycles. The topological polar surface area (TPSA) is 100.0 Å². The molecule has 0 aliphatic rings. The molecular formula is C25H24F4N6O2. The van der Waals surface area contributed by atoms with Crippen molar-refractivity contribution in [2.45, 2.75) is 39.3 Å². The Hall–Kier alpha value is -4.19. The summed E-state index contributed by atoms with van der Waals surface area (Å²) >= 11 is 0. The van der Waals surface area contributed by atoms with Crippen molar-refractivity contribution in [2.24, 2.45) is 5.73 Å². The first-order valence-corrected chi connectivity index (χ1v) is 11.3. The number of ether oxygens (including phenoxy) is 1. The monoisotopic (exact) mass is 516 g/mol. The molecule has 0 fully saturated rings. The third-order valence-electron chi connectivity index (χ3n) is 5.45. The number of amides is 1. The summed E-state index contributed by atoms with van der Waals surface area (Å²) < 4.78 is 62.2. The third-order valence-corrected chi connectivity index (χ3v) is 5.45. The van der Waals surface area contributed by atoms with Gasteiger partial charge in [-0.05, 0) is 35.2 Å². The highest BCUT2D eigenvalue weighted by Gasteiger charge is 2.39.